The van der Waals surface area contributed by atoms with Crippen LogP contribution in [0.5, 0.6) is 5.75 Å². The van der Waals surface area contributed by atoms with Gasteiger partial charge in [0.05, 0.1) is 18.9 Å². The van der Waals surface area contributed by atoms with E-state index in [-0.39, 0.29) is 0 Å². The lowest BCUT2D eigenvalue weighted by Crippen LogP contribution is -2.08. The molecule has 2 N–H and O–H groups in total. The molecule has 0 aliphatic carbocycles. The summed E-state index contributed by atoms with van der Waals surface area (Å²) in [6, 6.07) is 17.5. The third-order valence-corrected chi connectivity index (χ3v) is 3.02. The molecular formula is C16H19NO2. The molecule has 0 spiro atoms. The number of aliphatic hydroxyl groups is 1. The highest BCUT2D eigenvalue weighted by Crippen LogP contribution is 2.23. The molecule has 2 aromatic rings. The zero-order valence-corrected chi connectivity index (χ0v) is 11.0. The van der Waals surface area contributed by atoms with Gasteiger partial charge in [-0.15, -0.1) is 0 Å². The molecule has 3 nitrogen and oxygen atoms in total. The Morgan fingerprint density at radius 2 is 1.74 bits per heavy atom. The van der Waals surface area contributed by atoms with E-state index < -0.39 is 6.10 Å². The second-order valence-corrected chi connectivity index (χ2v) is 4.34. The van der Waals surface area contributed by atoms with Gasteiger partial charge < -0.3 is 15.2 Å². The minimum absolute atomic E-state index is 0.441. The molecule has 0 bridgehead atoms. The van der Waals surface area contributed by atoms with Gasteiger partial charge in [0.15, 0.2) is 0 Å². The van der Waals surface area contributed by atoms with Crippen molar-refractivity contribution in [3.8, 4) is 5.75 Å². The molecule has 0 aliphatic rings. The first-order valence-corrected chi connectivity index (χ1v) is 6.41. The first kappa shape index (κ1) is 13.4. The predicted octanol–water partition coefficient (Wildman–Crippen LogP) is 3.23. The largest absolute Gasteiger partial charge is 0.495 e. The van der Waals surface area contributed by atoms with Gasteiger partial charge in [0.2, 0.25) is 0 Å². The Labute approximate surface area is 113 Å². The number of ether oxygens (including phenoxy) is 1. The summed E-state index contributed by atoms with van der Waals surface area (Å²) in [6.07, 6.45) is 0.214. The Morgan fingerprint density at radius 3 is 2.47 bits per heavy atom. The molecule has 1 atom stereocenters. The monoisotopic (exact) mass is 257 g/mol. The van der Waals surface area contributed by atoms with Crippen LogP contribution in [0.1, 0.15) is 18.1 Å². The minimum Gasteiger partial charge on any atom is -0.495 e. The lowest BCUT2D eigenvalue weighted by molar-refractivity contribution is 0.171. The first-order valence-electron chi connectivity index (χ1n) is 6.41. The number of hydrogen-bond donors (Lipinski definition) is 2. The predicted molar refractivity (Wildman–Crippen MR) is 77.5 cm³/mol. The van der Waals surface area contributed by atoms with Crippen LogP contribution in [0.2, 0.25) is 0 Å². The van der Waals surface area contributed by atoms with E-state index in [1.165, 1.54) is 0 Å². The van der Waals surface area contributed by atoms with Crippen LogP contribution in [0.15, 0.2) is 54.6 Å². The van der Waals surface area contributed by atoms with Crippen LogP contribution in [0.3, 0.4) is 0 Å². The fourth-order valence-electron chi connectivity index (χ4n) is 1.98. The Kier molecular flexibility index (Phi) is 4.81. The summed E-state index contributed by atoms with van der Waals surface area (Å²) in [7, 11) is 1.65. The van der Waals surface area contributed by atoms with Crippen molar-refractivity contribution in [2.75, 3.05) is 19.0 Å². The van der Waals surface area contributed by atoms with Crippen molar-refractivity contribution in [1.29, 1.82) is 0 Å². The number of rotatable bonds is 6. The number of benzene rings is 2. The van der Waals surface area contributed by atoms with Crippen molar-refractivity contribution < 1.29 is 9.84 Å². The van der Waals surface area contributed by atoms with Crippen molar-refractivity contribution in [1.82, 2.24) is 0 Å². The van der Waals surface area contributed by atoms with Gasteiger partial charge in [0, 0.05) is 6.54 Å². The molecule has 0 saturated heterocycles. The molecule has 0 heterocycles. The van der Waals surface area contributed by atoms with E-state index in [1.54, 1.807) is 7.11 Å². The van der Waals surface area contributed by atoms with E-state index in [4.69, 9.17) is 4.74 Å². The summed E-state index contributed by atoms with van der Waals surface area (Å²) in [5.74, 6) is 0.816. The second-order valence-electron chi connectivity index (χ2n) is 4.34. The van der Waals surface area contributed by atoms with Crippen LogP contribution in [-0.2, 0) is 0 Å². The zero-order chi connectivity index (χ0) is 13.5. The van der Waals surface area contributed by atoms with Crippen LogP contribution in [0.25, 0.3) is 0 Å². The summed E-state index contributed by atoms with van der Waals surface area (Å²) < 4.78 is 5.26. The van der Waals surface area contributed by atoms with Crippen molar-refractivity contribution in [3.05, 3.63) is 60.2 Å². The van der Waals surface area contributed by atoms with Crippen LogP contribution in [-0.4, -0.2) is 18.8 Å². The molecule has 1 unspecified atom stereocenters. The van der Waals surface area contributed by atoms with E-state index in [9.17, 15) is 5.11 Å². The Morgan fingerprint density at radius 1 is 1.05 bits per heavy atom. The van der Waals surface area contributed by atoms with Gasteiger partial charge in [0.25, 0.3) is 0 Å². The summed E-state index contributed by atoms with van der Waals surface area (Å²) >= 11 is 0. The van der Waals surface area contributed by atoms with E-state index in [1.807, 2.05) is 54.6 Å². The maximum absolute atomic E-state index is 10.1. The average molecular weight is 257 g/mol. The molecule has 2 rings (SSSR count). The molecule has 3 heteroatoms. The number of anilines is 1. The van der Waals surface area contributed by atoms with Gasteiger partial charge in [-0.2, -0.15) is 0 Å². The van der Waals surface area contributed by atoms with Gasteiger partial charge in [0.1, 0.15) is 5.75 Å². The summed E-state index contributed by atoms with van der Waals surface area (Å²) in [4.78, 5) is 0. The van der Waals surface area contributed by atoms with Crippen LogP contribution >= 0.6 is 0 Å². The second kappa shape index (κ2) is 6.81. The molecular weight excluding hydrogens is 238 g/mol. The third-order valence-electron chi connectivity index (χ3n) is 3.02. The van der Waals surface area contributed by atoms with Gasteiger partial charge >= 0.3 is 0 Å². The highest BCUT2D eigenvalue weighted by atomic mass is 16.5. The highest BCUT2D eigenvalue weighted by molar-refractivity contribution is 5.56. The topological polar surface area (TPSA) is 41.5 Å². The van der Waals surface area contributed by atoms with Crippen molar-refractivity contribution in [2.24, 2.45) is 0 Å². The Bertz CT molecular complexity index is 499. The maximum atomic E-state index is 10.1. The Balaban J connectivity index is 1.87. The van der Waals surface area contributed by atoms with Gasteiger partial charge in [-0.3, -0.25) is 0 Å². The number of methoxy groups -OCH3 is 1. The fraction of sp³-hybridized carbons (Fsp3) is 0.250. The number of nitrogens with one attached hydrogen (secondary N) is 1. The fourth-order valence-corrected chi connectivity index (χ4v) is 1.98. The normalized spacial score (nSPS) is 11.9. The molecule has 0 aromatic heterocycles. The summed E-state index contributed by atoms with van der Waals surface area (Å²) in [5, 5.41) is 13.3. The molecule has 0 radical (unpaired) electrons. The smallest absolute Gasteiger partial charge is 0.141 e. The lowest BCUT2D eigenvalue weighted by atomic mass is 10.1. The van der Waals surface area contributed by atoms with E-state index in [0.29, 0.717) is 13.0 Å². The zero-order valence-electron chi connectivity index (χ0n) is 11.0. The number of aliphatic hydroxyl groups excluding tert-OH is 1. The molecule has 0 saturated carbocycles. The average Bonchev–Trinajstić information content (AvgIpc) is 2.48. The van der Waals surface area contributed by atoms with E-state index >= 15 is 0 Å². The van der Waals surface area contributed by atoms with Crippen LogP contribution in [0.4, 0.5) is 5.69 Å². The van der Waals surface area contributed by atoms with Crippen LogP contribution in [0, 0.1) is 0 Å². The van der Waals surface area contributed by atoms with E-state index in [0.717, 1.165) is 17.0 Å². The SMILES string of the molecule is COc1ccccc1NCCC(O)c1ccccc1. The summed E-state index contributed by atoms with van der Waals surface area (Å²) in [5.41, 5.74) is 1.90. The standard InChI is InChI=1S/C16H19NO2/c1-19-16-10-6-5-9-14(16)17-12-11-15(18)13-7-3-2-4-8-13/h2-10,15,17-18H,11-12H2,1H3. The molecule has 0 aliphatic heterocycles. The van der Waals surface area contributed by atoms with Gasteiger partial charge in [-0.1, -0.05) is 42.5 Å². The van der Waals surface area contributed by atoms with E-state index in [2.05, 4.69) is 5.32 Å². The highest BCUT2D eigenvalue weighted by Gasteiger charge is 2.07. The molecule has 100 valence electrons. The molecule has 19 heavy (non-hydrogen) atoms. The van der Waals surface area contributed by atoms with Crippen LogP contribution < -0.4 is 10.1 Å². The Hall–Kier alpha value is -2.00. The van der Waals surface area contributed by atoms with Gasteiger partial charge in [-0.25, -0.2) is 0 Å². The van der Waals surface area contributed by atoms with Crippen molar-refractivity contribution in [3.63, 3.8) is 0 Å². The molecule has 2 aromatic carbocycles. The van der Waals surface area contributed by atoms with Crippen molar-refractivity contribution in [2.45, 2.75) is 12.5 Å². The number of para-hydroxylation sites is 2. The quantitative estimate of drug-likeness (QED) is 0.834. The maximum Gasteiger partial charge on any atom is 0.141 e. The summed E-state index contributed by atoms with van der Waals surface area (Å²) in [6.45, 7) is 0.691. The first-order chi connectivity index (χ1) is 9.31. The van der Waals surface area contributed by atoms with Crippen molar-refractivity contribution >= 4 is 5.69 Å². The minimum atomic E-state index is -0.441. The third kappa shape index (κ3) is 3.73. The molecule has 0 amide bonds. The molecule has 0 fully saturated rings. The lowest BCUT2D eigenvalue weighted by Gasteiger charge is -2.14. The number of hydrogen-bond acceptors (Lipinski definition) is 3. The van der Waals surface area contributed by atoms with Gasteiger partial charge in [-0.05, 0) is 24.1 Å².